The molecule has 0 saturated heterocycles. The first-order valence-corrected chi connectivity index (χ1v) is 8.29. The minimum atomic E-state index is -1.01. The summed E-state index contributed by atoms with van der Waals surface area (Å²) in [6, 6.07) is 15.2. The van der Waals surface area contributed by atoms with Gasteiger partial charge in [-0.15, -0.1) is 5.10 Å². The van der Waals surface area contributed by atoms with Gasteiger partial charge in [0.05, 0.1) is 19.9 Å². The molecule has 1 aromatic heterocycles. The number of aliphatic carboxylic acids is 1. The van der Waals surface area contributed by atoms with Crippen LogP contribution in [-0.2, 0) is 17.9 Å². The lowest BCUT2D eigenvalue weighted by Crippen LogP contribution is -2.00. The first-order valence-electron chi connectivity index (χ1n) is 8.29. The summed E-state index contributed by atoms with van der Waals surface area (Å²) in [5.74, 6) is 0.0506. The van der Waals surface area contributed by atoms with Crippen molar-refractivity contribution in [3.05, 3.63) is 77.6 Å². The summed E-state index contributed by atoms with van der Waals surface area (Å²) in [6.45, 7) is 0.886. The van der Waals surface area contributed by atoms with E-state index in [1.165, 1.54) is 13.2 Å². The molecule has 0 spiro atoms. The summed E-state index contributed by atoms with van der Waals surface area (Å²) in [7, 11) is 1.53. The molecule has 0 radical (unpaired) electrons. The van der Waals surface area contributed by atoms with Crippen molar-refractivity contribution in [1.82, 2.24) is 15.0 Å². The molecule has 0 fully saturated rings. The Kier molecular flexibility index (Phi) is 5.84. The molecule has 0 bridgehead atoms. The zero-order valence-corrected chi connectivity index (χ0v) is 14.8. The maximum atomic E-state index is 10.6. The number of benzene rings is 2. The first-order chi connectivity index (χ1) is 13.1. The van der Waals surface area contributed by atoms with Crippen LogP contribution in [0.15, 0.2) is 60.8 Å². The molecule has 0 unspecified atom stereocenters. The van der Waals surface area contributed by atoms with Crippen molar-refractivity contribution < 1.29 is 19.4 Å². The van der Waals surface area contributed by atoms with E-state index >= 15 is 0 Å². The minimum absolute atomic E-state index is 0.245. The fourth-order valence-electron chi connectivity index (χ4n) is 2.48. The van der Waals surface area contributed by atoms with Crippen molar-refractivity contribution in [2.24, 2.45) is 0 Å². The average Bonchev–Trinajstić information content (AvgIpc) is 3.13. The highest BCUT2D eigenvalue weighted by Gasteiger charge is 2.08. The van der Waals surface area contributed by atoms with Gasteiger partial charge in [0.1, 0.15) is 12.3 Å². The van der Waals surface area contributed by atoms with Crippen molar-refractivity contribution in [2.45, 2.75) is 13.2 Å². The predicted molar refractivity (Wildman–Crippen MR) is 99.6 cm³/mol. The molecule has 2 aromatic carbocycles. The number of carboxylic acids is 1. The normalized spacial score (nSPS) is 10.9. The monoisotopic (exact) mass is 365 g/mol. The topological polar surface area (TPSA) is 86.5 Å². The van der Waals surface area contributed by atoms with Gasteiger partial charge < -0.3 is 14.6 Å². The lowest BCUT2D eigenvalue weighted by molar-refractivity contribution is -0.131. The number of aromatic nitrogens is 3. The van der Waals surface area contributed by atoms with Crippen LogP contribution in [0.2, 0.25) is 0 Å². The van der Waals surface area contributed by atoms with Gasteiger partial charge in [-0.05, 0) is 29.3 Å². The lowest BCUT2D eigenvalue weighted by atomic mass is 10.2. The SMILES string of the molecule is COc1cc(/C=C/C(=O)O)ccc1OCc1cn(Cc2ccccc2)nn1. The lowest BCUT2D eigenvalue weighted by Gasteiger charge is -2.10. The largest absolute Gasteiger partial charge is 0.493 e. The summed E-state index contributed by atoms with van der Waals surface area (Å²) in [5, 5.41) is 16.9. The molecule has 7 heteroatoms. The number of carboxylic acid groups (broad SMARTS) is 1. The van der Waals surface area contributed by atoms with E-state index in [1.54, 1.807) is 22.9 Å². The van der Waals surface area contributed by atoms with Crippen LogP contribution < -0.4 is 9.47 Å². The fraction of sp³-hybridized carbons (Fsp3) is 0.150. The van der Waals surface area contributed by atoms with E-state index in [9.17, 15) is 4.79 Å². The highest BCUT2D eigenvalue weighted by Crippen LogP contribution is 2.29. The Morgan fingerprint density at radius 3 is 2.74 bits per heavy atom. The molecule has 7 nitrogen and oxygen atoms in total. The van der Waals surface area contributed by atoms with Crippen LogP contribution in [0.4, 0.5) is 0 Å². The molecule has 0 aliphatic rings. The van der Waals surface area contributed by atoms with Crippen LogP contribution in [0.5, 0.6) is 11.5 Å². The molecule has 0 amide bonds. The Morgan fingerprint density at radius 2 is 2.00 bits per heavy atom. The number of nitrogens with zero attached hydrogens (tertiary/aromatic N) is 3. The number of ether oxygens (including phenoxy) is 2. The standard InChI is InChI=1S/C20H19N3O4/c1-26-19-11-15(8-10-20(24)25)7-9-18(19)27-14-17-13-23(22-21-17)12-16-5-3-2-4-6-16/h2-11,13H,12,14H2,1H3,(H,24,25)/b10-8+. The Balaban J connectivity index is 1.63. The van der Waals surface area contributed by atoms with E-state index in [4.69, 9.17) is 14.6 Å². The number of hydrogen-bond acceptors (Lipinski definition) is 5. The second-order valence-electron chi connectivity index (χ2n) is 5.76. The van der Waals surface area contributed by atoms with Crippen LogP contribution in [0.25, 0.3) is 6.08 Å². The van der Waals surface area contributed by atoms with Crippen molar-refractivity contribution >= 4 is 12.0 Å². The first kappa shape index (κ1) is 18.2. The Morgan fingerprint density at radius 1 is 1.19 bits per heavy atom. The van der Waals surface area contributed by atoms with Crippen LogP contribution in [0.1, 0.15) is 16.8 Å². The number of carbonyl (C=O) groups is 1. The van der Waals surface area contributed by atoms with Crippen molar-refractivity contribution in [3.8, 4) is 11.5 Å². The van der Waals surface area contributed by atoms with Gasteiger partial charge in [-0.1, -0.05) is 41.6 Å². The van der Waals surface area contributed by atoms with Gasteiger partial charge in [0.2, 0.25) is 0 Å². The Bertz CT molecular complexity index is 935. The second-order valence-corrected chi connectivity index (χ2v) is 5.76. The third-order valence-electron chi connectivity index (χ3n) is 3.76. The third-order valence-corrected chi connectivity index (χ3v) is 3.76. The minimum Gasteiger partial charge on any atom is -0.493 e. The molecule has 0 aliphatic heterocycles. The summed E-state index contributed by atoms with van der Waals surface area (Å²) < 4.78 is 12.8. The van der Waals surface area contributed by atoms with Crippen molar-refractivity contribution in [2.75, 3.05) is 7.11 Å². The van der Waals surface area contributed by atoms with Crippen LogP contribution in [0, 0.1) is 0 Å². The third kappa shape index (κ3) is 5.18. The molecule has 0 aliphatic carbocycles. The maximum absolute atomic E-state index is 10.6. The van der Waals surface area contributed by atoms with Gasteiger partial charge in [-0.3, -0.25) is 0 Å². The molecule has 1 N–H and O–H groups in total. The molecule has 0 atom stereocenters. The van der Waals surface area contributed by atoms with Gasteiger partial charge in [-0.25, -0.2) is 9.48 Å². The smallest absolute Gasteiger partial charge is 0.328 e. The van der Waals surface area contributed by atoms with Gasteiger partial charge in [0.25, 0.3) is 0 Å². The number of rotatable bonds is 8. The second kappa shape index (κ2) is 8.66. The van der Waals surface area contributed by atoms with E-state index in [0.29, 0.717) is 29.3 Å². The van der Waals surface area contributed by atoms with E-state index in [-0.39, 0.29) is 6.61 Å². The quantitative estimate of drug-likeness (QED) is 0.618. The summed E-state index contributed by atoms with van der Waals surface area (Å²) in [6.07, 6.45) is 4.40. The van der Waals surface area contributed by atoms with E-state index < -0.39 is 5.97 Å². The molecule has 1 heterocycles. The van der Waals surface area contributed by atoms with Crippen LogP contribution >= 0.6 is 0 Å². The van der Waals surface area contributed by atoms with Gasteiger partial charge in [0.15, 0.2) is 11.5 Å². The molecule has 3 aromatic rings. The Labute approximate surface area is 156 Å². The summed E-state index contributed by atoms with van der Waals surface area (Å²) in [4.78, 5) is 10.6. The van der Waals surface area contributed by atoms with Crippen LogP contribution in [-0.4, -0.2) is 33.2 Å². The maximum Gasteiger partial charge on any atom is 0.328 e. The molecule has 27 heavy (non-hydrogen) atoms. The van der Waals surface area contributed by atoms with Crippen molar-refractivity contribution in [3.63, 3.8) is 0 Å². The van der Waals surface area contributed by atoms with E-state index in [2.05, 4.69) is 10.3 Å². The van der Waals surface area contributed by atoms with E-state index in [1.807, 2.05) is 36.5 Å². The summed E-state index contributed by atoms with van der Waals surface area (Å²) in [5.41, 5.74) is 2.54. The van der Waals surface area contributed by atoms with Gasteiger partial charge >= 0.3 is 5.97 Å². The zero-order valence-electron chi connectivity index (χ0n) is 14.8. The van der Waals surface area contributed by atoms with E-state index in [0.717, 1.165) is 11.6 Å². The molecule has 0 saturated carbocycles. The van der Waals surface area contributed by atoms with Gasteiger partial charge in [-0.2, -0.15) is 0 Å². The number of methoxy groups -OCH3 is 1. The molecule has 3 rings (SSSR count). The van der Waals surface area contributed by atoms with Crippen LogP contribution in [0.3, 0.4) is 0 Å². The Hall–Kier alpha value is -3.61. The molecular formula is C20H19N3O4. The highest BCUT2D eigenvalue weighted by atomic mass is 16.5. The van der Waals surface area contributed by atoms with Gasteiger partial charge in [0, 0.05) is 6.08 Å². The fourth-order valence-corrected chi connectivity index (χ4v) is 2.48. The van der Waals surface area contributed by atoms with Crippen molar-refractivity contribution in [1.29, 1.82) is 0 Å². The average molecular weight is 365 g/mol. The molecular weight excluding hydrogens is 346 g/mol. The number of hydrogen-bond donors (Lipinski definition) is 1. The molecule has 138 valence electrons. The predicted octanol–water partition coefficient (Wildman–Crippen LogP) is 3.01. The summed E-state index contributed by atoms with van der Waals surface area (Å²) >= 11 is 0. The highest BCUT2D eigenvalue weighted by molar-refractivity contribution is 5.85. The zero-order chi connectivity index (χ0) is 19.1.